The first kappa shape index (κ1) is 17.6. The second kappa shape index (κ2) is 8.27. The van der Waals surface area contributed by atoms with Crippen molar-refractivity contribution in [2.75, 3.05) is 19.7 Å². The highest BCUT2D eigenvalue weighted by molar-refractivity contribution is 5.94. The molecule has 0 fully saturated rings. The molecule has 1 amide bonds. The average Bonchev–Trinajstić information content (AvgIpc) is 2.99. The summed E-state index contributed by atoms with van der Waals surface area (Å²) in [6.45, 7) is 3.88. The topological polar surface area (TPSA) is 79.2 Å². The van der Waals surface area contributed by atoms with Crippen molar-refractivity contribution < 1.29 is 9.90 Å². The number of fused-ring (bicyclic) bond motifs is 1. The van der Waals surface area contributed by atoms with Gasteiger partial charge in [-0.2, -0.15) is 5.10 Å². The normalized spacial score (nSPS) is 16.5. The number of amides is 1. The fourth-order valence-corrected chi connectivity index (χ4v) is 3.44. The van der Waals surface area contributed by atoms with Gasteiger partial charge in [0.2, 0.25) is 0 Å². The zero-order valence-corrected chi connectivity index (χ0v) is 14.7. The van der Waals surface area contributed by atoms with E-state index in [0.29, 0.717) is 25.3 Å². The van der Waals surface area contributed by atoms with Gasteiger partial charge in [0.15, 0.2) is 5.69 Å². The van der Waals surface area contributed by atoms with Crippen LogP contribution in [0.3, 0.4) is 0 Å². The highest BCUT2D eigenvalue weighted by Gasteiger charge is 2.28. The Morgan fingerprint density at radius 3 is 2.88 bits per heavy atom. The van der Waals surface area contributed by atoms with E-state index in [2.05, 4.69) is 27.9 Å². The molecule has 6 nitrogen and oxygen atoms in total. The van der Waals surface area contributed by atoms with E-state index in [1.165, 1.54) is 5.56 Å². The van der Waals surface area contributed by atoms with Gasteiger partial charge in [0, 0.05) is 30.4 Å². The number of aliphatic hydroxyl groups is 1. The van der Waals surface area contributed by atoms with Crippen LogP contribution < -0.4 is 10.6 Å². The number of rotatable bonds is 7. The third kappa shape index (κ3) is 4.08. The van der Waals surface area contributed by atoms with Crippen molar-refractivity contribution in [3.8, 4) is 0 Å². The van der Waals surface area contributed by atoms with Crippen molar-refractivity contribution in [2.45, 2.75) is 38.8 Å². The molecular formula is C19H26N4O2. The molecule has 1 aromatic carbocycles. The Morgan fingerprint density at radius 1 is 1.36 bits per heavy atom. The molecule has 0 bridgehead atoms. The molecule has 0 unspecified atom stereocenters. The monoisotopic (exact) mass is 342 g/mol. The molecule has 6 heteroatoms. The summed E-state index contributed by atoms with van der Waals surface area (Å²) in [6.07, 6.45) is 2.65. The fraction of sp³-hybridized carbons (Fsp3) is 0.474. The van der Waals surface area contributed by atoms with Crippen LogP contribution in [0.2, 0.25) is 0 Å². The molecule has 1 aromatic heterocycles. The number of benzene rings is 1. The van der Waals surface area contributed by atoms with Gasteiger partial charge in [-0.1, -0.05) is 30.3 Å². The largest absolute Gasteiger partial charge is 0.395 e. The van der Waals surface area contributed by atoms with Crippen LogP contribution in [0.15, 0.2) is 30.3 Å². The minimum atomic E-state index is -0.103. The number of nitrogens with zero attached hydrogens (tertiary/aromatic N) is 2. The molecule has 0 saturated heterocycles. The van der Waals surface area contributed by atoms with Crippen molar-refractivity contribution in [1.29, 1.82) is 0 Å². The van der Waals surface area contributed by atoms with E-state index in [1.54, 1.807) is 0 Å². The van der Waals surface area contributed by atoms with Crippen LogP contribution in [-0.2, 0) is 19.4 Å². The minimum Gasteiger partial charge on any atom is -0.395 e. The first-order valence-electron chi connectivity index (χ1n) is 8.97. The van der Waals surface area contributed by atoms with E-state index >= 15 is 0 Å². The predicted molar refractivity (Wildman–Crippen MR) is 96.7 cm³/mol. The molecule has 1 heterocycles. The molecule has 25 heavy (non-hydrogen) atoms. The summed E-state index contributed by atoms with van der Waals surface area (Å²) >= 11 is 0. The second-order valence-corrected chi connectivity index (χ2v) is 6.39. The van der Waals surface area contributed by atoms with Gasteiger partial charge < -0.3 is 15.7 Å². The van der Waals surface area contributed by atoms with E-state index in [0.717, 1.165) is 30.5 Å². The molecule has 0 saturated carbocycles. The summed E-state index contributed by atoms with van der Waals surface area (Å²) in [6, 6.07) is 10.5. The molecular weight excluding hydrogens is 316 g/mol. The Bertz CT molecular complexity index is 712. The molecule has 1 aliphatic carbocycles. The van der Waals surface area contributed by atoms with E-state index in [1.807, 2.05) is 29.8 Å². The molecule has 1 aliphatic rings. The number of hydrogen-bond acceptors (Lipinski definition) is 4. The molecule has 134 valence electrons. The van der Waals surface area contributed by atoms with Gasteiger partial charge in [-0.3, -0.25) is 9.48 Å². The fourth-order valence-electron chi connectivity index (χ4n) is 3.44. The van der Waals surface area contributed by atoms with Crippen molar-refractivity contribution in [1.82, 2.24) is 20.4 Å². The molecule has 0 radical (unpaired) electrons. The van der Waals surface area contributed by atoms with Gasteiger partial charge in [0.1, 0.15) is 0 Å². The predicted octanol–water partition coefficient (Wildman–Crippen LogP) is 1.12. The molecule has 0 aliphatic heterocycles. The minimum absolute atomic E-state index is 0.103. The number of aliphatic hydroxyl groups excluding tert-OH is 1. The number of carbonyl (C=O) groups excluding carboxylic acids is 1. The Balaban J connectivity index is 1.89. The summed E-state index contributed by atoms with van der Waals surface area (Å²) in [5.74, 6) is -0.103. The summed E-state index contributed by atoms with van der Waals surface area (Å²) in [4.78, 5) is 12.5. The SMILES string of the molecule is CCNC(=O)c1nn(Cc2ccccc2)c2c1C[C@H](NCCO)CC2. The van der Waals surface area contributed by atoms with Crippen molar-refractivity contribution >= 4 is 5.91 Å². The first-order valence-corrected chi connectivity index (χ1v) is 8.97. The van der Waals surface area contributed by atoms with Crippen LogP contribution >= 0.6 is 0 Å². The lowest BCUT2D eigenvalue weighted by molar-refractivity contribution is 0.0949. The number of nitrogens with one attached hydrogen (secondary N) is 2. The maximum atomic E-state index is 12.5. The van der Waals surface area contributed by atoms with Crippen molar-refractivity contribution in [3.05, 3.63) is 52.8 Å². The van der Waals surface area contributed by atoms with E-state index in [-0.39, 0.29) is 18.6 Å². The summed E-state index contributed by atoms with van der Waals surface area (Å²) in [5, 5.41) is 19.9. The average molecular weight is 342 g/mol. The quantitative estimate of drug-likeness (QED) is 0.705. The van der Waals surface area contributed by atoms with Gasteiger partial charge in [0.25, 0.3) is 5.91 Å². The lowest BCUT2D eigenvalue weighted by Gasteiger charge is -2.24. The van der Waals surface area contributed by atoms with Crippen LogP contribution in [0, 0.1) is 0 Å². The van der Waals surface area contributed by atoms with E-state index in [9.17, 15) is 4.79 Å². The van der Waals surface area contributed by atoms with Gasteiger partial charge in [-0.15, -0.1) is 0 Å². The Hall–Kier alpha value is -2.18. The number of aromatic nitrogens is 2. The van der Waals surface area contributed by atoms with Crippen LogP contribution in [0.25, 0.3) is 0 Å². The van der Waals surface area contributed by atoms with Crippen LogP contribution in [0.5, 0.6) is 0 Å². The number of hydrogen-bond donors (Lipinski definition) is 3. The van der Waals surface area contributed by atoms with Crippen molar-refractivity contribution in [2.24, 2.45) is 0 Å². The maximum absolute atomic E-state index is 12.5. The van der Waals surface area contributed by atoms with E-state index < -0.39 is 0 Å². The third-order valence-corrected chi connectivity index (χ3v) is 4.62. The summed E-state index contributed by atoms with van der Waals surface area (Å²) in [7, 11) is 0. The molecule has 1 atom stereocenters. The zero-order chi connectivity index (χ0) is 17.6. The number of carbonyl (C=O) groups is 1. The van der Waals surface area contributed by atoms with Crippen LogP contribution in [0.1, 0.15) is 40.7 Å². The molecule has 3 N–H and O–H groups in total. The lowest BCUT2D eigenvalue weighted by Crippen LogP contribution is -2.37. The summed E-state index contributed by atoms with van der Waals surface area (Å²) < 4.78 is 1.98. The summed E-state index contributed by atoms with van der Waals surface area (Å²) in [5.41, 5.74) is 3.93. The molecule has 2 aromatic rings. The van der Waals surface area contributed by atoms with Gasteiger partial charge in [-0.25, -0.2) is 0 Å². The lowest BCUT2D eigenvalue weighted by atomic mass is 9.91. The van der Waals surface area contributed by atoms with E-state index in [4.69, 9.17) is 5.11 Å². The van der Waals surface area contributed by atoms with Gasteiger partial charge >= 0.3 is 0 Å². The van der Waals surface area contributed by atoms with Crippen LogP contribution in [0.4, 0.5) is 0 Å². The Kier molecular flexibility index (Phi) is 5.83. The van der Waals surface area contributed by atoms with Gasteiger partial charge in [0.05, 0.1) is 13.2 Å². The van der Waals surface area contributed by atoms with Crippen LogP contribution in [-0.4, -0.2) is 46.5 Å². The Morgan fingerprint density at radius 2 is 2.16 bits per heavy atom. The highest BCUT2D eigenvalue weighted by Crippen LogP contribution is 2.25. The zero-order valence-electron chi connectivity index (χ0n) is 14.7. The second-order valence-electron chi connectivity index (χ2n) is 6.39. The Labute approximate surface area is 148 Å². The first-order chi connectivity index (χ1) is 12.2. The van der Waals surface area contributed by atoms with Crippen molar-refractivity contribution in [3.63, 3.8) is 0 Å². The standard InChI is InChI=1S/C19H26N4O2/c1-2-20-19(25)18-16-12-15(21-10-11-24)8-9-17(16)23(22-18)13-14-6-4-3-5-7-14/h3-7,15,21,24H,2,8-13H2,1H3,(H,20,25)/t15-/m1/s1. The third-order valence-electron chi connectivity index (χ3n) is 4.62. The smallest absolute Gasteiger partial charge is 0.272 e. The molecule has 0 spiro atoms. The molecule has 3 rings (SSSR count). The van der Waals surface area contributed by atoms with Gasteiger partial charge in [-0.05, 0) is 31.7 Å². The maximum Gasteiger partial charge on any atom is 0.272 e. The highest BCUT2D eigenvalue weighted by atomic mass is 16.3.